The number of nitrogens with zero attached hydrogens (tertiary/aromatic N) is 1. The van der Waals surface area contributed by atoms with E-state index in [1.807, 2.05) is 19.1 Å². The van der Waals surface area contributed by atoms with Crippen molar-refractivity contribution >= 4 is 33.2 Å². The van der Waals surface area contributed by atoms with Crippen molar-refractivity contribution in [1.82, 2.24) is 0 Å². The molecule has 1 saturated carbocycles. The normalized spacial score (nSPS) is 24.9. The number of amides is 1. The summed E-state index contributed by atoms with van der Waals surface area (Å²) in [6.07, 6.45) is 0.913. The first-order valence-corrected chi connectivity index (χ1v) is 7.73. The van der Waals surface area contributed by atoms with E-state index in [2.05, 4.69) is 52.1 Å². The molecule has 1 aromatic carbocycles. The van der Waals surface area contributed by atoms with E-state index in [1.165, 1.54) is 5.69 Å². The van der Waals surface area contributed by atoms with E-state index in [0.717, 1.165) is 25.2 Å². The van der Waals surface area contributed by atoms with Gasteiger partial charge in [0, 0.05) is 29.3 Å². The lowest BCUT2D eigenvalue weighted by molar-refractivity contribution is -0.120. The Labute approximate surface area is 123 Å². The molecular formula is C15H21BrN2O. The molecule has 0 aliphatic heterocycles. The molecule has 1 aliphatic carbocycles. The van der Waals surface area contributed by atoms with Crippen LogP contribution in [0.5, 0.6) is 0 Å². The fourth-order valence-corrected chi connectivity index (χ4v) is 3.05. The quantitative estimate of drug-likeness (QED) is 0.838. The minimum atomic E-state index is -0.239. The highest BCUT2D eigenvalue weighted by Gasteiger charge is 2.54. The topological polar surface area (TPSA) is 32.3 Å². The molecule has 0 saturated heterocycles. The predicted octanol–water partition coefficient (Wildman–Crippen LogP) is 3.64. The third-order valence-corrected chi connectivity index (χ3v) is 5.24. The third-order valence-electron chi connectivity index (χ3n) is 3.91. The van der Waals surface area contributed by atoms with Crippen LogP contribution in [0.4, 0.5) is 11.4 Å². The maximum absolute atomic E-state index is 12.1. The summed E-state index contributed by atoms with van der Waals surface area (Å²) in [5, 5.41) is 2.99. The van der Waals surface area contributed by atoms with Gasteiger partial charge in [0.25, 0.3) is 0 Å². The monoisotopic (exact) mass is 324 g/mol. The van der Waals surface area contributed by atoms with E-state index in [4.69, 9.17) is 0 Å². The van der Waals surface area contributed by atoms with Gasteiger partial charge in [0.1, 0.15) is 0 Å². The summed E-state index contributed by atoms with van der Waals surface area (Å²) in [5.74, 6) is 0.102. The van der Waals surface area contributed by atoms with Crippen molar-refractivity contribution in [1.29, 1.82) is 0 Å². The first-order chi connectivity index (χ1) is 9.01. The van der Waals surface area contributed by atoms with Crippen molar-refractivity contribution < 1.29 is 4.79 Å². The Hall–Kier alpha value is -1.03. The van der Waals surface area contributed by atoms with Gasteiger partial charge in [0.05, 0.1) is 5.41 Å². The number of halogens is 1. The highest BCUT2D eigenvalue weighted by atomic mass is 79.9. The summed E-state index contributed by atoms with van der Waals surface area (Å²) in [5.41, 5.74) is 1.82. The molecule has 1 aromatic rings. The number of rotatable bonds is 5. The molecule has 2 atom stereocenters. The van der Waals surface area contributed by atoms with Crippen LogP contribution >= 0.6 is 15.9 Å². The van der Waals surface area contributed by atoms with Crippen molar-refractivity contribution in [3.8, 4) is 0 Å². The molecule has 104 valence electrons. The maximum Gasteiger partial charge on any atom is 0.231 e. The van der Waals surface area contributed by atoms with Crippen molar-refractivity contribution in [3.05, 3.63) is 24.3 Å². The molecule has 0 radical (unpaired) electrons. The lowest BCUT2D eigenvalue weighted by atomic mass is 10.1. The second-order valence-electron chi connectivity index (χ2n) is 5.26. The zero-order valence-electron chi connectivity index (χ0n) is 11.7. The van der Waals surface area contributed by atoms with E-state index in [-0.39, 0.29) is 11.3 Å². The van der Waals surface area contributed by atoms with Crippen LogP contribution in [-0.4, -0.2) is 23.8 Å². The van der Waals surface area contributed by atoms with E-state index < -0.39 is 0 Å². The van der Waals surface area contributed by atoms with Gasteiger partial charge in [-0.15, -0.1) is 0 Å². The maximum atomic E-state index is 12.1. The first-order valence-electron chi connectivity index (χ1n) is 6.81. The second-order valence-corrected chi connectivity index (χ2v) is 6.37. The van der Waals surface area contributed by atoms with Gasteiger partial charge in [-0.3, -0.25) is 4.79 Å². The van der Waals surface area contributed by atoms with Gasteiger partial charge in [-0.2, -0.15) is 0 Å². The van der Waals surface area contributed by atoms with E-state index in [1.54, 1.807) is 0 Å². The molecule has 0 spiro atoms. The molecule has 1 fully saturated rings. The largest absolute Gasteiger partial charge is 0.372 e. The van der Waals surface area contributed by atoms with E-state index in [0.29, 0.717) is 4.83 Å². The summed E-state index contributed by atoms with van der Waals surface area (Å²) >= 11 is 3.50. The number of carbonyl (C=O) groups excluding carboxylic acids is 1. The number of carbonyl (C=O) groups is 1. The summed E-state index contributed by atoms with van der Waals surface area (Å²) in [6.45, 7) is 8.26. The van der Waals surface area contributed by atoms with Gasteiger partial charge in [-0.1, -0.05) is 15.9 Å². The van der Waals surface area contributed by atoms with E-state index >= 15 is 0 Å². The zero-order chi connectivity index (χ0) is 14.0. The van der Waals surface area contributed by atoms with Crippen molar-refractivity contribution in [3.63, 3.8) is 0 Å². The molecule has 1 amide bonds. The van der Waals surface area contributed by atoms with Gasteiger partial charge in [-0.25, -0.2) is 0 Å². The Morgan fingerprint density at radius 1 is 1.37 bits per heavy atom. The Balaban J connectivity index is 2.01. The van der Waals surface area contributed by atoms with Crippen LogP contribution in [0.2, 0.25) is 0 Å². The fourth-order valence-electron chi connectivity index (χ4n) is 2.17. The van der Waals surface area contributed by atoms with Crippen LogP contribution in [0.1, 0.15) is 27.2 Å². The molecule has 2 rings (SSSR count). The number of hydrogen-bond acceptors (Lipinski definition) is 2. The molecular weight excluding hydrogens is 304 g/mol. The van der Waals surface area contributed by atoms with Gasteiger partial charge >= 0.3 is 0 Å². The van der Waals surface area contributed by atoms with Crippen LogP contribution in [0, 0.1) is 5.41 Å². The Kier molecular flexibility index (Phi) is 4.19. The van der Waals surface area contributed by atoms with Crippen LogP contribution in [-0.2, 0) is 4.79 Å². The molecule has 4 heteroatoms. The third kappa shape index (κ3) is 2.94. The minimum absolute atomic E-state index is 0.102. The smallest absolute Gasteiger partial charge is 0.231 e. The first kappa shape index (κ1) is 14.4. The zero-order valence-corrected chi connectivity index (χ0v) is 13.3. The molecule has 0 bridgehead atoms. The van der Waals surface area contributed by atoms with E-state index in [9.17, 15) is 4.79 Å². The van der Waals surface area contributed by atoms with Crippen LogP contribution < -0.4 is 10.2 Å². The molecule has 1 N–H and O–H groups in total. The molecule has 19 heavy (non-hydrogen) atoms. The second kappa shape index (κ2) is 5.53. The molecule has 2 unspecified atom stereocenters. The predicted molar refractivity (Wildman–Crippen MR) is 84.1 cm³/mol. The summed E-state index contributed by atoms with van der Waals surface area (Å²) in [7, 11) is 0. The molecule has 1 aliphatic rings. The fraction of sp³-hybridized carbons (Fsp3) is 0.533. The van der Waals surface area contributed by atoms with Gasteiger partial charge in [-0.05, 0) is 51.5 Å². The Bertz CT molecular complexity index is 456. The van der Waals surface area contributed by atoms with Crippen molar-refractivity contribution in [2.45, 2.75) is 32.0 Å². The van der Waals surface area contributed by atoms with Crippen LogP contribution in [0.15, 0.2) is 24.3 Å². The lowest BCUT2D eigenvalue weighted by Gasteiger charge is -2.21. The standard InChI is InChI=1S/C15H21BrN2O/c1-4-18(5-2)12-8-6-11(7-9-12)17-14(19)15(3)10-13(15)16/h6-9,13H,4-5,10H2,1-3H3,(H,17,19). The highest BCUT2D eigenvalue weighted by molar-refractivity contribution is 9.09. The number of hydrogen-bond donors (Lipinski definition) is 1. The SMILES string of the molecule is CCN(CC)c1ccc(NC(=O)C2(C)CC2Br)cc1. The highest BCUT2D eigenvalue weighted by Crippen LogP contribution is 2.51. The molecule has 0 aromatic heterocycles. The average molecular weight is 325 g/mol. The van der Waals surface area contributed by atoms with Gasteiger partial charge in [0.2, 0.25) is 5.91 Å². The van der Waals surface area contributed by atoms with Crippen LogP contribution in [0.3, 0.4) is 0 Å². The van der Waals surface area contributed by atoms with Crippen LogP contribution in [0.25, 0.3) is 0 Å². The minimum Gasteiger partial charge on any atom is -0.372 e. The molecule has 3 nitrogen and oxygen atoms in total. The Morgan fingerprint density at radius 3 is 2.32 bits per heavy atom. The summed E-state index contributed by atoms with van der Waals surface area (Å²) in [6, 6.07) is 8.06. The van der Waals surface area contributed by atoms with Crippen molar-refractivity contribution in [2.24, 2.45) is 5.41 Å². The Morgan fingerprint density at radius 2 is 1.89 bits per heavy atom. The number of anilines is 2. The van der Waals surface area contributed by atoms with Gasteiger partial charge < -0.3 is 10.2 Å². The number of alkyl halides is 1. The average Bonchev–Trinajstić information content (AvgIpc) is 3.02. The van der Waals surface area contributed by atoms with Gasteiger partial charge in [0.15, 0.2) is 0 Å². The number of nitrogens with one attached hydrogen (secondary N) is 1. The molecule has 0 heterocycles. The summed E-state index contributed by atoms with van der Waals surface area (Å²) in [4.78, 5) is 14.7. The summed E-state index contributed by atoms with van der Waals surface area (Å²) < 4.78 is 0. The van der Waals surface area contributed by atoms with Crippen molar-refractivity contribution in [2.75, 3.05) is 23.3 Å². The lowest BCUT2D eigenvalue weighted by Crippen LogP contribution is -2.24. The number of benzene rings is 1.